The smallest absolute Gasteiger partial charge is 0.418 e. The number of aliphatic hydroxyl groups is 1. The van der Waals surface area contributed by atoms with Gasteiger partial charge < -0.3 is 25.4 Å². The molecule has 2 aliphatic heterocycles. The number of amides is 1. The molecule has 3 N–H and O–H groups in total. The maximum atomic E-state index is 14.0. The molecular formula is C25H34F3N3O4. The first kappa shape index (κ1) is 26.8. The summed E-state index contributed by atoms with van der Waals surface area (Å²) in [6, 6.07) is 3.32. The predicted molar refractivity (Wildman–Crippen MR) is 127 cm³/mol. The Kier molecular flexibility index (Phi) is 7.74. The lowest BCUT2D eigenvalue weighted by Gasteiger charge is -2.40. The molecule has 1 atom stereocenters. The number of hydrogen-bond donors (Lipinski definition) is 3. The Balaban J connectivity index is 1.71. The van der Waals surface area contributed by atoms with E-state index in [0.717, 1.165) is 11.8 Å². The number of anilines is 2. The normalized spacial score (nSPS) is 22.1. The molecule has 0 bridgehead atoms. The second kappa shape index (κ2) is 10.1. The van der Waals surface area contributed by atoms with E-state index in [1.165, 1.54) is 12.1 Å². The van der Waals surface area contributed by atoms with Crippen LogP contribution in [0.15, 0.2) is 30.0 Å². The van der Waals surface area contributed by atoms with Gasteiger partial charge in [0.2, 0.25) is 5.91 Å². The predicted octanol–water partition coefficient (Wildman–Crippen LogP) is 4.36. The average molecular weight is 498 g/mol. The Morgan fingerprint density at radius 2 is 1.94 bits per heavy atom. The second-order valence-electron chi connectivity index (χ2n) is 10.2. The van der Waals surface area contributed by atoms with Gasteiger partial charge in [0.25, 0.3) is 0 Å². The van der Waals surface area contributed by atoms with Crippen molar-refractivity contribution < 1.29 is 32.6 Å². The molecule has 0 aliphatic carbocycles. The molecule has 2 heterocycles. The zero-order valence-electron chi connectivity index (χ0n) is 20.6. The van der Waals surface area contributed by atoms with Crippen LogP contribution in [0.25, 0.3) is 0 Å². The van der Waals surface area contributed by atoms with Crippen molar-refractivity contribution in [3.05, 3.63) is 35.5 Å². The number of benzene rings is 1. The summed E-state index contributed by atoms with van der Waals surface area (Å²) in [4.78, 5) is 26.0. The van der Waals surface area contributed by atoms with Crippen molar-refractivity contribution in [2.24, 2.45) is 0 Å². The third kappa shape index (κ3) is 7.13. The van der Waals surface area contributed by atoms with Crippen molar-refractivity contribution >= 4 is 23.3 Å². The highest BCUT2D eigenvalue weighted by Crippen LogP contribution is 2.40. The van der Waals surface area contributed by atoms with Crippen molar-refractivity contribution in [3.63, 3.8) is 0 Å². The van der Waals surface area contributed by atoms with Gasteiger partial charge in [0.1, 0.15) is 11.6 Å². The molecule has 1 aromatic rings. The first-order chi connectivity index (χ1) is 16.2. The van der Waals surface area contributed by atoms with E-state index in [4.69, 9.17) is 4.74 Å². The number of nitrogens with zero attached hydrogens (tertiary/aromatic N) is 1. The third-order valence-electron chi connectivity index (χ3n) is 6.22. The number of ether oxygens (including phenoxy) is 1. The molecule has 7 nitrogen and oxygen atoms in total. The van der Waals surface area contributed by atoms with E-state index >= 15 is 0 Å². The van der Waals surface area contributed by atoms with Crippen LogP contribution in [0.1, 0.15) is 65.4 Å². The number of piperidine rings is 2. The largest absolute Gasteiger partial charge is 0.460 e. The summed E-state index contributed by atoms with van der Waals surface area (Å²) in [5, 5.41) is 16.5. The highest BCUT2D eigenvalue weighted by Gasteiger charge is 2.40. The Morgan fingerprint density at radius 3 is 2.49 bits per heavy atom. The fourth-order valence-corrected chi connectivity index (χ4v) is 4.41. The Labute approximate surface area is 203 Å². The van der Waals surface area contributed by atoms with Gasteiger partial charge in [-0.25, -0.2) is 0 Å². The minimum atomic E-state index is -4.61. The molecule has 2 saturated heterocycles. The molecule has 2 fully saturated rings. The summed E-state index contributed by atoms with van der Waals surface area (Å²) in [5.41, 5.74) is -1.80. The molecule has 1 amide bonds. The van der Waals surface area contributed by atoms with Crippen molar-refractivity contribution in [2.75, 3.05) is 23.3 Å². The van der Waals surface area contributed by atoms with Crippen molar-refractivity contribution in [1.29, 1.82) is 0 Å². The first-order valence-corrected chi connectivity index (χ1v) is 11.8. The molecule has 2 aliphatic rings. The molecule has 3 rings (SSSR count). The van der Waals surface area contributed by atoms with E-state index in [2.05, 4.69) is 10.6 Å². The van der Waals surface area contributed by atoms with Gasteiger partial charge in [0, 0.05) is 30.2 Å². The molecule has 194 valence electrons. The van der Waals surface area contributed by atoms with E-state index < -0.39 is 35.0 Å². The number of nitrogens with one attached hydrogen (secondary N) is 2. The third-order valence-corrected chi connectivity index (χ3v) is 6.22. The van der Waals surface area contributed by atoms with Gasteiger partial charge >= 0.3 is 12.1 Å². The standard InChI is InChI=1S/C25H34F3N3O4/c1-5-16-6-8-19(22(33)30-16)29-17-7-9-20(18(14-17)25(26,27)28)31-12-10-24(34,11-13-31)15-21(32)35-23(2,3)4/h5,7,9,14,19,29,34H,6,8,10-13,15H2,1-4H3,(H,30,33)/b16-5+. The fraction of sp³-hybridized carbons (Fsp3) is 0.600. The number of carbonyl (C=O) groups is 2. The van der Waals surface area contributed by atoms with Crippen LogP contribution < -0.4 is 15.5 Å². The van der Waals surface area contributed by atoms with Crippen LogP contribution >= 0.6 is 0 Å². The van der Waals surface area contributed by atoms with Crippen LogP contribution in [-0.2, 0) is 20.5 Å². The zero-order chi connectivity index (χ0) is 26.0. The lowest BCUT2D eigenvalue weighted by Crippen LogP contribution is -2.46. The fourth-order valence-electron chi connectivity index (χ4n) is 4.41. The van der Waals surface area contributed by atoms with Crippen LogP contribution in [0.2, 0.25) is 0 Å². The molecule has 1 unspecified atom stereocenters. The van der Waals surface area contributed by atoms with Gasteiger partial charge in [0.05, 0.1) is 17.6 Å². The number of alkyl halides is 3. The monoisotopic (exact) mass is 497 g/mol. The van der Waals surface area contributed by atoms with Gasteiger partial charge in [0.15, 0.2) is 0 Å². The summed E-state index contributed by atoms with van der Waals surface area (Å²) in [7, 11) is 0. The van der Waals surface area contributed by atoms with Gasteiger partial charge in [-0.1, -0.05) is 6.08 Å². The van der Waals surface area contributed by atoms with E-state index in [1.54, 1.807) is 31.7 Å². The van der Waals surface area contributed by atoms with Crippen molar-refractivity contribution in [2.45, 2.75) is 83.2 Å². The minimum absolute atomic E-state index is 0.00617. The van der Waals surface area contributed by atoms with Gasteiger partial charge in [-0.3, -0.25) is 9.59 Å². The Hall–Kier alpha value is -2.75. The number of allylic oxidation sites excluding steroid dienone is 2. The van der Waals surface area contributed by atoms with Crippen LogP contribution in [0.3, 0.4) is 0 Å². The molecule has 1 aromatic carbocycles. The van der Waals surface area contributed by atoms with E-state index in [1.807, 2.05) is 6.92 Å². The summed E-state index contributed by atoms with van der Waals surface area (Å²) < 4.78 is 47.2. The Morgan fingerprint density at radius 1 is 1.29 bits per heavy atom. The summed E-state index contributed by atoms with van der Waals surface area (Å²) >= 11 is 0. The summed E-state index contributed by atoms with van der Waals surface area (Å²) in [6.45, 7) is 7.33. The molecule has 35 heavy (non-hydrogen) atoms. The SMILES string of the molecule is C/C=C1\CCC(Nc2ccc(N3CCC(O)(CC(=O)OC(C)(C)C)CC3)c(C(F)(F)F)c2)C(=O)N1. The summed E-state index contributed by atoms with van der Waals surface area (Å²) in [5.74, 6) is -0.810. The molecular weight excluding hydrogens is 463 g/mol. The lowest BCUT2D eigenvalue weighted by atomic mass is 9.87. The molecule has 10 heteroatoms. The number of rotatable bonds is 5. The van der Waals surface area contributed by atoms with E-state index in [-0.39, 0.29) is 49.6 Å². The van der Waals surface area contributed by atoms with E-state index in [9.17, 15) is 27.9 Å². The maximum Gasteiger partial charge on any atom is 0.418 e. The number of esters is 1. The van der Waals surface area contributed by atoms with Gasteiger partial charge in [-0.15, -0.1) is 0 Å². The second-order valence-corrected chi connectivity index (χ2v) is 10.2. The van der Waals surface area contributed by atoms with Crippen LogP contribution in [0.4, 0.5) is 24.5 Å². The Bertz CT molecular complexity index is 977. The maximum absolute atomic E-state index is 14.0. The molecule has 0 aromatic heterocycles. The lowest BCUT2D eigenvalue weighted by molar-refractivity contribution is -0.161. The van der Waals surface area contributed by atoms with Gasteiger partial charge in [-0.05, 0) is 71.6 Å². The number of hydrogen-bond acceptors (Lipinski definition) is 6. The van der Waals surface area contributed by atoms with Crippen LogP contribution in [0.5, 0.6) is 0 Å². The molecule has 0 saturated carbocycles. The van der Waals surface area contributed by atoms with Crippen LogP contribution in [-0.4, -0.2) is 47.3 Å². The first-order valence-electron chi connectivity index (χ1n) is 11.8. The topological polar surface area (TPSA) is 90.9 Å². The van der Waals surface area contributed by atoms with E-state index in [0.29, 0.717) is 12.8 Å². The quantitative estimate of drug-likeness (QED) is 0.524. The highest BCUT2D eigenvalue weighted by molar-refractivity contribution is 5.87. The average Bonchev–Trinajstić information content (AvgIpc) is 2.73. The van der Waals surface area contributed by atoms with Crippen molar-refractivity contribution in [3.8, 4) is 0 Å². The minimum Gasteiger partial charge on any atom is -0.460 e. The van der Waals surface area contributed by atoms with Crippen LogP contribution in [0, 0.1) is 0 Å². The molecule has 0 spiro atoms. The highest BCUT2D eigenvalue weighted by atomic mass is 19.4. The van der Waals surface area contributed by atoms with Crippen molar-refractivity contribution in [1.82, 2.24) is 5.32 Å². The zero-order valence-corrected chi connectivity index (χ0v) is 20.6. The summed E-state index contributed by atoms with van der Waals surface area (Å²) in [6.07, 6.45) is -1.62. The number of halogens is 3. The molecule has 0 radical (unpaired) electrons. The van der Waals surface area contributed by atoms with Gasteiger partial charge in [-0.2, -0.15) is 13.2 Å². The number of carbonyl (C=O) groups excluding carboxylic acids is 2.